The first-order valence-electron chi connectivity index (χ1n) is 6.97. The molecular formula is C15H22N2O2. The minimum atomic E-state index is 0.0625. The summed E-state index contributed by atoms with van der Waals surface area (Å²) in [5, 5.41) is 0. The standard InChI is InChI=1S/C15H22N2O2/c1-4-19-14-6-13(7-16-8-14)15(18)17-9-11(2)5-12(3)10-17/h6-8,11-12H,4-5,9-10H2,1-3H3/t11-,12-/m1/s1. The Bertz CT molecular complexity index is 438. The van der Waals surface area contributed by atoms with Crippen LogP contribution in [0.2, 0.25) is 0 Å². The van der Waals surface area contributed by atoms with Gasteiger partial charge in [-0.05, 0) is 31.2 Å². The van der Waals surface area contributed by atoms with Gasteiger partial charge in [0.25, 0.3) is 5.91 Å². The van der Waals surface area contributed by atoms with Gasteiger partial charge in [-0.3, -0.25) is 9.78 Å². The quantitative estimate of drug-likeness (QED) is 0.841. The van der Waals surface area contributed by atoms with Crippen molar-refractivity contribution in [2.24, 2.45) is 11.8 Å². The maximum absolute atomic E-state index is 12.5. The number of hydrogen-bond donors (Lipinski definition) is 0. The van der Waals surface area contributed by atoms with Gasteiger partial charge in [-0.2, -0.15) is 0 Å². The average molecular weight is 262 g/mol. The van der Waals surface area contributed by atoms with Crippen molar-refractivity contribution in [3.63, 3.8) is 0 Å². The van der Waals surface area contributed by atoms with Crippen LogP contribution in [0.3, 0.4) is 0 Å². The number of carbonyl (C=O) groups is 1. The highest BCUT2D eigenvalue weighted by Gasteiger charge is 2.26. The lowest BCUT2D eigenvalue weighted by atomic mass is 9.91. The molecule has 4 nitrogen and oxygen atoms in total. The Balaban J connectivity index is 2.12. The van der Waals surface area contributed by atoms with Gasteiger partial charge in [0.2, 0.25) is 0 Å². The Labute approximate surface area is 114 Å². The molecule has 0 saturated carbocycles. The molecule has 2 rings (SSSR count). The first-order valence-corrected chi connectivity index (χ1v) is 6.97. The fourth-order valence-electron chi connectivity index (χ4n) is 2.79. The molecule has 1 aliphatic rings. The van der Waals surface area contributed by atoms with Gasteiger partial charge in [0.1, 0.15) is 5.75 Å². The summed E-state index contributed by atoms with van der Waals surface area (Å²) in [5.41, 5.74) is 0.618. The lowest BCUT2D eigenvalue weighted by Gasteiger charge is -2.35. The molecule has 19 heavy (non-hydrogen) atoms. The molecule has 0 bridgehead atoms. The first kappa shape index (κ1) is 13.8. The smallest absolute Gasteiger partial charge is 0.255 e. The van der Waals surface area contributed by atoms with Crippen LogP contribution in [0.4, 0.5) is 0 Å². The number of pyridine rings is 1. The Morgan fingerprint density at radius 2 is 2.05 bits per heavy atom. The molecule has 1 aromatic heterocycles. The molecule has 1 saturated heterocycles. The summed E-state index contributed by atoms with van der Waals surface area (Å²) >= 11 is 0. The van der Waals surface area contributed by atoms with Crippen molar-refractivity contribution in [3.8, 4) is 5.75 Å². The second-order valence-electron chi connectivity index (χ2n) is 5.50. The average Bonchev–Trinajstić information content (AvgIpc) is 2.37. The van der Waals surface area contributed by atoms with Crippen LogP contribution in [0.15, 0.2) is 18.5 Å². The molecule has 1 aliphatic heterocycles. The summed E-state index contributed by atoms with van der Waals surface area (Å²) in [6.45, 7) is 8.57. The summed E-state index contributed by atoms with van der Waals surface area (Å²) in [6.07, 6.45) is 4.46. The van der Waals surface area contributed by atoms with E-state index in [2.05, 4.69) is 18.8 Å². The summed E-state index contributed by atoms with van der Waals surface area (Å²) in [6, 6.07) is 1.78. The van der Waals surface area contributed by atoms with Crippen molar-refractivity contribution in [3.05, 3.63) is 24.0 Å². The first-order chi connectivity index (χ1) is 9.10. The van der Waals surface area contributed by atoms with Crippen LogP contribution in [0.25, 0.3) is 0 Å². The summed E-state index contributed by atoms with van der Waals surface area (Å²) in [4.78, 5) is 18.5. The highest BCUT2D eigenvalue weighted by atomic mass is 16.5. The van der Waals surface area contributed by atoms with Gasteiger partial charge in [-0.1, -0.05) is 13.8 Å². The fourth-order valence-corrected chi connectivity index (χ4v) is 2.79. The minimum absolute atomic E-state index is 0.0625. The second-order valence-corrected chi connectivity index (χ2v) is 5.50. The summed E-state index contributed by atoms with van der Waals surface area (Å²) < 4.78 is 5.39. The Morgan fingerprint density at radius 1 is 1.37 bits per heavy atom. The molecule has 104 valence electrons. The Kier molecular flexibility index (Phi) is 4.40. The zero-order valence-corrected chi connectivity index (χ0v) is 11.9. The normalized spacial score (nSPS) is 23.2. The van der Waals surface area contributed by atoms with E-state index >= 15 is 0 Å². The van der Waals surface area contributed by atoms with Gasteiger partial charge in [0.15, 0.2) is 0 Å². The van der Waals surface area contributed by atoms with Crippen molar-refractivity contribution in [1.29, 1.82) is 0 Å². The molecule has 1 amide bonds. The van der Waals surface area contributed by atoms with E-state index in [0.717, 1.165) is 13.1 Å². The second kappa shape index (κ2) is 6.04. The number of piperidine rings is 1. The third-order valence-electron chi connectivity index (χ3n) is 3.43. The number of rotatable bonds is 3. The van der Waals surface area contributed by atoms with Crippen LogP contribution in [0.1, 0.15) is 37.6 Å². The van der Waals surface area contributed by atoms with E-state index in [1.807, 2.05) is 11.8 Å². The van der Waals surface area contributed by atoms with E-state index in [1.54, 1.807) is 18.5 Å². The van der Waals surface area contributed by atoms with Crippen LogP contribution in [0.5, 0.6) is 5.75 Å². The number of nitrogens with zero attached hydrogens (tertiary/aromatic N) is 2. The van der Waals surface area contributed by atoms with Crippen molar-refractivity contribution >= 4 is 5.91 Å². The van der Waals surface area contributed by atoms with Gasteiger partial charge >= 0.3 is 0 Å². The van der Waals surface area contributed by atoms with E-state index < -0.39 is 0 Å². The predicted molar refractivity (Wildman–Crippen MR) is 74.3 cm³/mol. The molecule has 4 heteroatoms. The van der Waals surface area contributed by atoms with Crippen LogP contribution in [-0.4, -0.2) is 35.5 Å². The van der Waals surface area contributed by atoms with E-state index in [9.17, 15) is 4.79 Å². The third-order valence-corrected chi connectivity index (χ3v) is 3.43. The van der Waals surface area contributed by atoms with Crippen molar-refractivity contribution < 1.29 is 9.53 Å². The minimum Gasteiger partial charge on any atom is -0.492 e. The van der Waals surface area contributed by atoms with E-state index in [-0.39, 0.29) is 5.91 Å². The molecule has 0 aliphatic carbocycles. The molecule has 0 spiro atoms. The van der Waals surface area contributed by atoms with Gasteiger partial charge in [0.05, 0.1) is 18.4 Å². The fraction of sp³-hybridized carbons (Fsp3) is 0.600. The van der Waals surface area contributed by atoms with Gasteiger partial charge in [-0.15, -0.1) is 0 Å². The lowest BCUT2D eigenvalue weighted by molar-refractivity contribution is 0.0622. The number of carbonyl (C=O) groups excluding carboxylic acids is 1. The molecular weight excluding hydrogens is 240 g/mol. The van der Waals surface area contributed by atoms with E-state index in [1.165, 1.54) is 6.42 Å². The van der Waals surface area contributed by atoms with Gasteiger partial charge < -0.3 is 9.64 Å². The summed E-state index contributed by atoms with van der Waals surface area (Å²) in [7, 11) is 0. The Hall–Kier alpha value is -1.58. The predicted octanol–water partition coefficient (Wildman–Crippen LogP) is 2.60. The molecule has 2 heterocycles. The number of ether oxygens (including phenoxy) is 1. The number of aromatic nitrogens is 1. The third kappa shape index (κ3) is 3.46. The molecule has 0 unspecified atom stereocenters. The maximum atomic E-state index is 12.5. The highest BCUT2D eigenvalue weighted by molar-refractivity contribution is 5.94. The number of likely N-dealkylation sites (tertiary alicyclic amines) is 1. The highest BCUT2D eigenvalue weighted by Crippen LogP contribution is 2.23. The zero-order valence-electron chi connectivity index (χ0n) is 11.9. The zero-order chi connectivity index (χ0) is 13.8. The van der Waals surface area contributed by atoms with E-state index in [4.69, 9.17) is 4.74 Å². The van der Waals surface area contributed by atoms with Crippen LogP contribution < -0.4 is 4.74 Å². The molecule has 1 aromatic rings. The molecule has 1 fully saturated rings. The molecule has 2 atom stereocenters. The SMILES string of the molecule is CCOc1cncc(C(=O)N2C[C@H](C)C[C@@H](C)C2)c1. The van der Waals surface area contributed by atoms with Gasteiger partial charge in [0, 0.05) is 19.3 Å². The van der Waals surface area contributed by atoms with Crippen molar-refractivity contribution in [2.75, 3.05) is 19.7 Å². The lowest BCUT2D eigenvalue weighted by Crippen LogP contribution is -2.42. The molecule has 0 N–H and O–H groups in total. The monoisotopic (exact) mass is 262 g/mol. The van der Waals surface area contributed by atoms with Crippen LogP contribution >= 0.6 is 0 Å². The Morgan fingerprint density at radius 3 is 2.68 bits per heavy atom. The van der Waals surface area contributed by atoms with Crippen LogP contribution in [-0.2, 0) is 0 Å². The maximum Gasteiger partial charge on any atom is 0.255 e. The molecule has 0 radical (unpaired) electrons. The van der Waals surface area contributed by atoms with Crippen molar-refractivity contribution in [1.82, 2.24) is 9.88 Å². The van der Waals surface area contributed by atoms with Gasteiger partial charge in [-0.25, -0.2) is 0 Å². The van der Waals surface area contributed by atoms with Crippen molar-refractivity contribution in [2.45, 2.75) is 27.2 Å². The number of amides is 1. The van der Waals surface area contributed by atoms with E-state index in [0.29, 0.717) is 29.8 Å². The number of hydrogen-bond acceptors (Lipinski definition) is 3. The topological polar surface area (TPSA) is 42.4 Å². The summed E-state index contributed by atoms with van der Waals surface area (Å²) in [5.74, 6) is 1.85. The molecule has 0 aromatic carbocycles. The largest absolute Gasteiger partial charge is 0.492 e. The van der Waals surface area contributed by atoms with Crippen LogP contribution in [0, 0.1) is 11.8 Å².